The van der Waals surface area contributed by atoms with Crippen LogP contribution in [0, 0.1) is 5.92 Å². The summed E-state index contributed by atoms with van der Waals surface area (Å²) < 4.78 is 26.8. The van der Waals surface area contributed by atoms with Crippen molar-refractivity contribution in [1.29, 1.82) is 0 Å². The maximum atomic E-state index is 12.6. The van der Waals surface area contributed by atoms with E-state index in [-0.39, 0.29) is 10.8 Å². The smallest absolute Gasteiger partial charge is 0.263 e. The first kappa shape index (κ1) is 23.5. The standard InChI is InChI=1S/C26H33N3O3S/c30-25(29-19-16-22(17-20-29)15-14-21-9-3-1-4-10-21)13-5-2-8-18-27-26-23-11-6-7-12-24(23)33(31,32)28-26/h1,3-4,6-7,9-12,22H,2,5,8,13-20H2,(H,27,28). The predicted molar refractivity (Wildman–Crippen MR) is 131 cm³/mol. The third-order valence-electron chi connectivity index (χ3n) is 6.63. The highest BCUT2D eigenvalue weighted by atomic mass is 32.2. The highest BCUT2D eigenvalue weighted by Crippen LogP contribution is 2.24. The van der Waals surface area contributed by atoms with Crippen LogP contribution >= 0.6 is 0 Å². The molecule has 7 heteroatoms. The summed E-state index contributed by atoms with van der Waals surface area (Å²) in [5, 5.41) is 0. The number of nitrogens with one attached hydrogen (secondary N) is 1. The van der Waals surface area contributed by atoms with Gasteiger partial charge in [0.1, 0.15) is 5.84 Å². The Balaban J connectivity index is 1.11. The molecule has 0 aromatic heterocycles. The lowest BCUT2D eigenvalue weighted by molar-refractivity contribution is -0.132. The molecule has 2 aliphatic rings. The van der Waals surface area contributed by atoms with Gasteiger partial charge >= 0.3 is 0 Å². The second-order valence-corrected chi connectivity index (χ2v) is 10.6. The molecule has 6 nitrogen and oxygen atoms in total. The summed E-state index contributed by atoms with van der Waals surface area (Å²) in [5.41, 5.74) is 2.04. The number of aliphatic imine (C=N–C) groups is 1. The summed E-state index contributed by atoms with van der Waals surface area (Å²) in [5.74, 6) is 1.41. The molecule has 0 atom stereocenters. The Morgan fingerprint density at radius 1 is 0.970 bits per heavy atom. The average molecular weight is 468 g/mol. The number of carbonyl (C=O) groups excluding carboxylic acids is 1. The van der Waals surface area contributed by atoms with Crippen molar-refractivity contribution < 1.29 is 13.2 Å². The molecule has 2 heterocycles. The van der Waals surface area contributed by atoms with Crippen molar-refractivity contribution in [3.8, 4) is 0 Å². The number of sulfonamides is 1. The molecule has 0 bridgehead atoms. The van der Waals surface area contributed by atoms with Crippen molar-refractivity contribution in [3.05, 3.63) is 65.7 Å². The number of nitrogens with zero attached hydrogens (tertiary/aromatic N) is 2. The van der Waals surface area contributed by atoms with Crippen LogP contribution in [0.15, 0.2) is 64.5 Å². The molecule has 0 unspecified atom stereocenters. The minimum absolute atomic E-state index is 0.264. The highest BCUT2D eigenvalue weighted by Gasteiger charge is 2.29. The number of benzene rings is 2. The van der Waals surface area contributed by atoms with E-state index in [1.807, 2.05) is 11.0 Å². The zero-order valence-corrected chi connectivity index (χ0v) is 19.9. The lowest BCUT2D eigenvalue weighted by atomic mass is 9.90. The Hall–Kier alpha value is -2.67. The number of amides is 1. The number of hydrogen-bond acceptors (Lipinski definition) is 4. The van der Waals surface area contributed by atoms with Crippen molar-refractivity contribution in [1.82, 2.24) is 9.62 Å². The Kier molecular flexibility index (Phi) is 7.81. The van der Waals surface area contributed by atoms with Crippen LogP contribution in [0.25, 0.3) is 0 Å². The van der Waals surface area contributed by atoms with Gasteiger partial charge in [0, 0.05) is 31.6 Å². The molecule has 0 radical (unpaired) electrons. The van der Waals surface area contributed by atoms with E-state index < -0.39 is 10.0 Å². The third kappa shape index (κ3) is 6.22. The van der Waals surface area contributed by atoms with Crippen LogP contribution in [-0.2, 0) is 21.2 Å². The van der Waals surface area contributed by atoms with Crippen LogP contribution in [-0.4, -0.2) is 44.7 Å². The van der Waals surface area contributed by atoms with Gasteiger partial charge in [-0.1, -0.05) is 48.9 Å². The molecule has 0 saturated carbocycles. The second kappa shape index (κ2) is 11.0. The Labute approximate surface area is 197 Å². The van der Waals surface area contributed by atoms with Crippen molar-refractivity contribution in [2.45, 2.75) is 56.3 Å². The fourth-order valence-corrected chi connectivity index (χ4v) is 5.90. The largest absolute Gasteiger partial charge is 0.343 e. The molecular weight excluding hydrogens is 434 g/mol. The maximum absolute atomic E-state index is 12.6. The minimum Gasteiger partial charge on any atom is -0.343 e. The van der Waals surface area contributed by atoms with Gasteiger partial charge < -0.3 is 4.90 Å². The van der Waals surface area contributed by atoms with E-state index in [0.29, 0.717) is 30.3 Å². The van der Waals surface area contributed by atoms with Crippen LogP contribution < -0.4 is 4.72 Å². The first-order valence-electron chi connectivity index (χ1n) is 12.0. The number of fused-ring (bicyclic) bond motifs is 1. The molecule has 1 N–H and O–H groups in total. The van der Waals surface area contributed by atoms with Gasteiger partial charge in [0.05, 0.1) is 4.90 Å². The maximum Gasteiger partial charge on any atom is 0.263 e. The molecule has 33 heavy (non-hydrogen) atoms. The zero-order valence-electron chi connectivity index (χ0n) is 19.1. The third-order valence-corrected chi connectivity index (χ3v) is 8.03. The van der Waals surface area contributed by atoms with E-state index in [9.17, 15) is 13.2 Å². The van der Waals surface area contributed by atoms with Gasteiger partial charge in [-0.05, 0) is 62.1 Å². The van der Waals surface area contributed by atoms with Gasteiger partial charge in [-0.3, -0.25) is 14.5 Å². The topological polar surface area (TPSA) is 78.8 Å². The number of aryl methyl sites for hydroxylation is 1. The minimum atomic E-state index is -3.48. The molecule has 1 fully saturated rings. The van der Waals surface area contributed by atoms with E-state index in [2.05, 4.69) is 40.0 Å². The van der Waals surface area contributed by atoms with E-state index in [1.54, 1.807) is 18.2 Å². The van der Waals surface area contributed by atoms with Crippen LogP contribution in [0.4, 0.5) is 0 Å². The van der Waals surface area contributed by atoms with Crippen LogP contribution in [0.1, 0.15) is 56.1 Å². The second-order valence-electron chi connectivity index (χ2n) is 8.99. The molecule has 4 rings (SSSR count). The van der Waals surface area contributed by atoms with Gasteiger partial charge in [-0.2, -0.15) is 0 Å². The summed E-state index contributed by atoms with van der Waals surface area (Å²) in [7, 11) is -3.48. The molecule has 1 amide bonds. The SMILES string of the molecule is O=C(CCCCCN=C1NS(=O)(=O)c2ccccc21)N1CCC(CCc2ccccc2)CC1. The van der Waals surface area contributed by atoms with Gasteiger partial charge in [-0.15, -0.1) is 0 Å². The molecule has 2 aliphatic heterocycles. The Bertz CT molecular complexity index is 1070. The van der Waals surface area contributed by atoms with Crippen molar-refractivity contribution in [2.75, 3.05) is 19.6 Å². The average Bonchev–Trinajstić information content (AvgIpc) is 3.11. The van der Waals surface area contributed by atoms with Gasteiger partial charge in [0.2, 0.25) is 5.91 Å². The molecule has 0 aliphatic carbocycles. The number of piperidine rings is 1. The highest BCUT2D eigenvalue weighted by molar-refractivity contribution is 7.90. The molecule has 1 saturated heterocycles. The number of unbranched alkanes of at least 4 members (excludes halogenated alkanes) is 2. The number of carbonyl (C=O) groups is 1. The van der Waals surface area contributed by atoms with Crippen LogP contribution in [0.5, 0.6) is 0 Å². The van der Waals surface area contributed by atoms with E-state index >= 15 is 0 Å². The molecule has 2 aromatic rings. The number of rotatable bonds is 9. The number of hydrogen-bond donors (Lipinski definition) is 1. The summed E-state index contributed by atoms with van der Waals surface area (Å²) in [4.78, 5) is 19.3. The monoisotopic (exact) mass is 467 g/mol. The first-order valence-corrected chi connectivity index (χ1v) is 13.5. The number of likely N-dealkylation sites (tertiary alicyclic amines) is 1. The lowest BCUT2D eigenvalue weighted by Crippen LogP contribution is -2.38. The van der Waals surface area contributed by atoms with Gasteiger partial charge in [0.15, 0.2) is 0 Å². The molecule has 2 aromatic carbocycles. The summed E-state index contributed by atoms with van der Waals surface area (Å²) in [6.07, 6.45) is 7.71. The normalized spacial score (nSPS) is 18.8. The molecule has 0 spiro atoms. The van der Waals surface area contributed by atoms with Crippen molar-refractivity contribution >= 4 is 21.8 Å². The van der Waals surface area contributed by atoms with E-state index in [0.717, 1.165) is 51.6 Å². The molecular formula is C26H33N3O3S. The molecule has 176 valence electrons. The summed E-state index contributed by atoms with van der Waals surface area (Å²) >= 11 is 0. The van der Waals surface area contributed by atoms with Gasteiger partial charge in [-0.25, -0.2) is 8.42 Å². The zero-order chi connectivity index (χ0) is 23.1. The lowest BCUT2D eigenvalue weighted by Gasteiger charge is -2.32. The predicted octanol–water partition coefficient (Wildman–Crippen LogP) is 4.16. The Morgan fingerprint density at radius 3 is 2.48 bits per heavy atom. The first-order chi connectivity index (χ1) is 16.0. The van der Waals surface area contributed by atoms with Crippen LogP contribution in [0.3, 0.4) is 0 Å². The fourth-order valence-electron chi connectivity index (χ4n) is 4.65. The van der Waals surface area contributed by atoms with E-state index in [1.165, 1.54) is 12.0 Å². The van der Waals surface area contributed by atoms with Crippen LogP contribution in [0.2, 0.25) is 0 Å². The quantitative estimate of drug-likeness (QED) is 0.563. The van der Waals surface area contributed by atoms with E-state index in [4.69, 9.17) is 0 Å². The Morgan fingerprint density at radius 2 is 1.70 bits per heavy atom. The number of amidine groups is 1. The summed E-state index contributed by atoms with van der Waals surface area (Å²) in [6.45, 7) is 2.31. The fraction of sp³-hybridized carbons (Fsp3) is 0.462. The van der Waals surface area contributed by atoms with Crippen molar-refractivity contribution in [2.24, 2.45) is 10.9 Å². The van der Waals surface area contributed by atoms with Gasteiger partial charge in [0.25, 0.3) is 10.0 Å². The van der Waals surface area contributed by atoms with Crippen molar-refractivity contribution in [3.63, 3.8) is 0 Å². The summed E-state index contributed by atoms with van der Waals surface area (Å²) in [6, 6.07) is 17.5.